The van der Waals surface area contributed by atoms with Crippen LogP contribution in [-0.4, -0.2) is 29.1 Å². The molecule has 1 atom stereocenters. The summed E-state index contributed by atoms with van der Waals surface area (Å²) >= 11 is 1.71. The van der Waals surface area contributed by atoms with Crippen LogP contribution in [0, 0.1) is 5.92 Å². The standard InChI is InChI=1S/C15H17NO3S/c17-15(18)11-5-7-16(8-6-11)14(12-3-1-9-19-12)13-4-2-10-20-13/h1-4,9-11,14H,5-8H2,(H,17,18). The van der Waals surface area contributed by atoms with Crippen LogP contribution < -0.4 is 0 Å². The van der Waals surface area contributed by atoms with Gasteiger partial charge in [-0.1, -0.05) is 6.07 Å². The molecule has 0 saturated carbocycles. The van der Waals surface area contributed by atoms with E-state index in [1.54, 1.807) is 17.6 Å². The summed E-state index contributed by atoms with van der Waals surface area (Å²) in [6.45, 7) is 1.58. The number of aliphatic carboxylic acids is 1. The van der Waals surface area contributed by atoms with Gasteiger partial charge in [0.25, 0.3) is 0 Å². The fourth-order valence-corrected chi connectivity index (χ4v) is 3.66. The zero-order chi connectivity index (χ0) is 13.9. The summed E-state index contributed by atoms with van der Waals surface area (Å²) in [7, 11) is 0. The Labute approximate surface area is 121 Å². The highest BCUT2D eigenvalue weighted by atomic mass is 32.1. The van der Waals surface area contributed by atoms with Crippen molar-refractivity contribution in [2.45, 2.75) is 18.9 Å². The SMILES string of the molecule is O=C(O)C1CCN(C(c2ccco2)c2cccs2)CC1. The van der Waals surface area contributed by atoms with E-state index in [0.717, 1.165) is 18.8 Å². The second-order valence-electron chi connectivity index (χ2n) is 5.08. The van der Waals surface area contributed by atoms with Crippen LogP contribution in [0.4, 0.5) is 0 Å². The number of likely N-dealkylation sites (tertiary alicyclic amines) is 1. The highest BCUT2D eigenvalue weighted by Crippen LogP contribution is 2.34. The first kappa shape index (κ1) is 13.4. The van der Waals surface area contributed by atoms with Crippen LogP contribution in [0.2, 0.25) is 0 Å². The van der Waals surface area contributed by atoms with Gasteiger partial charge in [0.15, 0.2) is 0 Å². The van der Waals surface area contributed by atoms with Crippen molar-refractivity contribution in [1.82, 2.24) is 4.90 Å². The van der Waals surface area contributed by atoms with Gasteiger partial charge in [-0.3, -0.25) is 9.69 Å². The zero-order valence-corrected chi connectivity index (χ0v) is 11.9. The molecule has 0 bridgehead atoms. The van der Waals surface area contributed by atoms with Crippen LogP contribution in [0.5, 0.6) is 0 Å². The highest BCUT2D eigenvalue weighted by Gasteiger charge is 2.31. The van der Waals surface area contributed by atoms with Gasteiger partial charge < -0.3 is 9.52 Å². The Morgan fingerprint density at radius 2 is 2.15 bits per heavy atom. The average Bonchev–Trinajstić information content (AvgIpc) is 3.13. The van der Waals surface area contributed by atoms with Gasteiger partial charge >= 0.3 is 5.97 Å². The van der Waals surface area contributed by atoms with Gasteiger partial charge in [0.05, 0.1) is 12.2 Å². The van der Waals surface area contributed by atoms with Crippen LogP contribution in [-0.2, 0) is 4.79 Å². The number of carbonyl (C=O) groups is 1. The molecule has 0 spiro atoms. The van der Waals surface area contributed by atoms with Gasteiger partial charge in [-0.25, -0.2) is 0 Å². The Bertz CT molecular complexity index is 507. The smallest absolute Gasteiger partial charge is 0.306 e. The van der Waals surface area contributed by atoms with E-state index in [1.807, 2.05) is 18.2 Å². The van der Waals surface area contributed by atoms with E-state index in [9.17, 15) is 4.79 Å². The summed E-state index contributed by atoms with van der Waals surface area (Å²) in [6.07, 6.45) is 3.11. The van der Waals surface area contributed by atoms with Crippen LogP contribution >= 0.6 is 11.3 Å². The zero-order valence-electron chi connectivity index (χ0n) is 11.1. The Morgan fingerprint density at radius 3 is 2.70 bits per heavy atom. The summed E-state index contributed by atoms with van der Waals surface area (Å²) in [5.74, 6) is 0.0587. The molecule has 20 heavy (non-hydrogen) atoms. The number of carboxylic acid groups (broad SMARTS) is 1. The van der Waals surface area contributed by atoms with Crippen LogP contribution in [0.3, 0.4) is 0 Å². The summed E-state index contributed by atoms with van der Waals surface area (Å²) < 4.78 is 5.60. The highest BCUT2D eigenvalue weighted by molar-refractivity contribution is 7.10. The average molecular weight is 291 g/mol. The topological polar surface area (TPSA) is 53.7 Å². The number of carboxylic acids is 1. The molecule has 2 aromatic rings. The molecular weight excluding hydrogens is 274 g/mol. The number of rotatable bonds is 4. The minimum absolute atomic E-state index is 0.111. The molecule has 106 valence electrons. The molecule has 5 heteroatoms. The molecule has 1 saturated heterocycles. The van der Waals surface area contributed by atoms with Crippen molar-refractivity contribution in [2.75, 3.05) is 13.1 Å². The Balaban J connectivity index is 1.80. The van der Waals surface area contributed by atoms with Gasteiger partial charge in [0.2, 0.25) is 0 Å². The van der Waals surface area contributed by atoms with Crippen molar-refractivity contribution in [3.8, 4) is 0 Å². The lowest BCUT2D eigenvalue weighted by molar-refractivity contribution is -0.143. The van der Waals surface area contributed by atoms with E-state index in [1.165, 1.54) is 4.88 Å². The van der Waals surface area contributed by atoms with E-state index in [-0.39, 0.29) is 12.0 Å². The lowest BCUT2D eigenvalue weighted by atomic mass is 9.95. The third-order valence-electron chi connectivity index (χ3n) is 3.87. The molecule has 1 fully saturated rings. The molecule has 2 aromatic heterocycles. The van der Waals surface area contributed by atoms with Gasteiger partial charge in [-0.05, 0) is 36.4 Å². The predicted octanol–water partition coefficient (Wildman–Crippen LogP) is 3.23. The molecule has 3 rings (SSSR count). The van der Waals surface area contributed by atoms with Gasteiger partial charge in [-0.15, -0.1) is 11.3 Å². The second kappa shape index (κ2) is 5.81. The first-order chi connectivity index (χ1) is 9.75. The maximum absolute atomic E-state index is 11.1. The molecular formula is C15H17NO3S. The summed E-state index contributed by atoms with van der Waals surface area (Å²) in [5, 5.41) is 11.2. The molecule has 0 radical (unpaired) electrons. The monoisotopic (exact) mass is 291 g/mol. The molecule has 1 aliphatic rings. The largest absolute Gasteiger partial charge is 0.481 e. The van der Waals surface area contributed by atoms with Crippen molar-refractivity contribution in [3.05, 3.63) is 46.5 Å². The number of thiophene rings is 1. The minimum atomic E-state index is -0.671. The van der Waals surface area contributed by atoms with E-state index < -0.39 is 5.97 Å². The molecule has 1 aliphatic heterocycles. The molecule has 1 N–H and O–H groups in total. The lowest BCUT2D eigenvalue weighted by Gasteiger charge is -2.35. The maximum atomic E-state index is 11.1. The van der Waals surface area contributed by atoms with Crippen molar-refractivity contribution >= 4 is 17.3 Å². The van der Waals surface area contributed by atoms with E-state index in [4.69, 9.17) is 9.52 Å². The molecule has 3 heterocycles. The molecule has 4 nitrogen and oxygen atoms in total. The lowest BCUT2D eigenvalue weighted by Crippen LogP contribution is -2.38. The van der Waals surface area contributed by atoms with Crippen LogP contribution in [0.15, 0.2) is 40.3 Å². The first-order valence-electron chi connectivity index (χ1n) is 6.79. The van der Waals surface area contributed by atoms with E-state index in [0.29, 0.717) is 12.8 Å². The number of hydrogen-bond acceptors (Lipinski definition) is 4. The molecule has 0 aromatic carbocycles. The first-order valence-corrected chi connectivity index (χ1v) is 7.67. The van der Waals surface area contributed by atoms with E-state index >= 15 is 0 Å². The number of nitrogens with zero attached hydrogens (tertiary/aromatic N) is 1. The third kappa shape index (κ3) is 2.64. The molecule has 0 amide bonds. The fraction of sp³-hybridized carbons (Fsp3) is 0.400. The number of hydrogen-bond donors (Lipinski definition) is 1. The van der Waals surface area contributed by atoms with Gasteiger partial charge in [0.1, 0.15) is 11.8 Å². The van der Waals surface area contributed by atoms with Gasteiger partial charge in [-0.2, -0.15) is 0 Å². The van der Waals surface area contributed by atoms with Crippen LogP contribution in [0.25, 0.3) is 0 Å². The Kier molecular flexibility index (Phi) is 3.89. The van der Waals surface area contributed by atoms with Crippen LogP contribution in [0.1, 0.15) is 29.5 Å². The third-order valence-corrected chi connectivity index (χ3v) is 4.79. The second-order valence-corrected chi connectivity index (χ2v) is 6.06. The minimum Gasteiger partial charge on any atom is -0.481 e. The normalized spacial score (nSPS) is 19.0. The Hall–Kier alpha value is -1.59. The fourth-order valence-electron chi connectivity index (χ4n) is 2.80. The number of piperidine rings is 1. The maximum Gasteiger partial charge on any atom is 0.306 e. The summed E-state index contributed by atoms with van der Waals surface area (Å²) in [4.78, 5) is 14.6. The number of furan rings is 1. The van der Waals surface area contributed by atoms with Crippen molar-refractivity contribution < 1.29 is 14.3 Å². The van der Waals surface area contributed by atoms with Crippen molar-refractivity contribution in [2.24, 2.45) is 5.92 Å². The molecule has 1 unspecified atom stereocenters. The summed E-state index contributed by atoms with van der Waals surface area (Å²) in [5.41, 5.74) is 0. The van der Waals surface area contributed by atoms with Gasteiger partial charge in [0, 0.05) is 18.0 Å². The quantitative estimate of drug-likeness (QED) is 0.939. The molecule has 0 aliphatic carbocycles. The van der Waals surface area contributed by atoms with E-state index in [2.05, 4.69) is 16.3 Å². The van der Waals surface area contributed by atoms with Crippen molar-refractivity contribution in [3.63, 3.8) is 0 Å². The summed E-state index contributed by atoms with van der Waals surface area (Å²) in [6, 6.07) is 8.16. The predicted molar refractivity (Wildman–Crippen MR) is 76.8 cm³/mol. The van der Waals surface area contributed by atoms with Crippen molar-refractivity contribution in [1.29, 1.82) is 0 Å². The Morgan fingerprint density at radius 1 is 1.35 bits per heavy atom.